The van der Waals surface area contributed by atoms with E-state index in [-0.39, 0.29) is 5.41 Å². The van der Waals surface area contributed by atoms with Crippen molar-refractivity contribution in [3.8, 4) is 5.75 Å². The molecule has 2 aliphatic rings. The average molecular weight is 501 g/mol. The molecule has 3 aromatic carbocycles. The van der Waals surface area contributed by atoms with E-state index in [0.29, 0.717) is 11.7 Å². The van der Waals surface area contributed by atoms with Gasteiger partial charge in [-0.05, 0) is 85.2 Å². The summed E-state index contributed by atoms with van der Waals surface area (Å²) in [5, 5.41) is 11.7. The molecule has 2 heterocycles. The summed E-state index contributed by atoms with van der Waals surface area (Å²) in [4.78, 5) is 6.41. The minimum absolute atomic E-state index is 0.0626. The third-order valence-corrected chi connectivity index (χ3v) is 8.51. The molecule has 0 amide bonds. The topological polar surface area (TPSA) is 39.3 Å². The van der Waals surface area contributed by atoms with E-state index in [9.17, 15) is 5.11 Å². The molecule has 4 aromatic rings. The molecule has 6 rings (SSSR count). The van der Waals surface area contributed by atoms with Gasteiger partial charge in [-0.1, -0.05) is 58.4 Å². The van der Waals surface area contributed by atoms with Crippen LogP contribution >= 0.6 is 15.9 Å². The van der Waals surface area contributed by atoms with Crippen molar-refractivity contribution in [1.29, 1.82) is 0 Å². The molecule has 1 fully saturated rings. The molecule has 4 heteroatoms. The van der Waals surface area contributed by atoms with Crippen LogP contribution < -0.4 is 0 Å². The first-order valence-corrected chi connectivity index (χ1v) is 12.7. The van der Waals surface area contributed by atoms with Crippen molar-refractivity contribution in [2.75, 3.05) is 19.6 Å². The molecule has 2 unspecified atom stereocenters. The van der Waals surface area contributed by atoms with Crippen LogP contribution in [0, 0.1) is 5.92 Å². The maximum absolute atomic E-state index is 10.3. The molecular formula is C29H29BrN2O. The number of aromatic hydroxyl groups is 1. The molecule has 0 saturated carbocycles. The van der Waals surface area contributed by atoms with E-state index in [4.69, 9.17) is 0 Å². The summed E-state index contributed by atoms with van der Waals surface area (Å²) in [6.07, 6.45) is 4.30. The van der Waals surface area contributed by atoms with Crippen molar-refractivity contribution >= 4 is 26.8 Å². The predicted molar refractivity (Wildman–Crippen MR) is 138 cm³/mol. The zero-order valence-corrected chi connectivity index (χ0v) is 20.3. The van der Waals surface area contributed by atoms with Gasteiger partial charge in [-0.15, -0.1) is 0 Å². The third kappa shape index (κ3) is 3.79. The Hall–Kier alpha value is -2.56. The van der Waals surface area contributed by atoms with E-state index < -0.39 is 0 Å². The Labute approximate surface area is 203 Å². The molecule has 1 aliphatic heterocycles. The van der Waals surface area contributed by atoms with Crippen LogP contribution in [-0.4, -0.2) is 34.6 Å². The maximum Gasteiger partial charge on any atom is 0.115 e. The highest BCUT2D eigenvalue weighted by Gasteiger charge is 2.48. The Bertz CT molecular complexity index is 1300. The molecule has 2 N–H and O–H groups in total. The number of H-pyrrole nitrogens is 1. The van der Waals surface area contributed by atoms with Gasteiger partial charge in [-0.3, -0.25) is 0 Å². The fraction of sp³-hybridized carbons (Fsp3) is 0.310. The number of halogens is 1. The highest BCUT2D eigenvalue weighted by atomic mass is 79.9. The van der Waals surface area contributed by atoms with Crippen LogP contribution in [0.5, 0.6) is 5.75 Å². The number of hydrogen-bond donors (Lipinski definition) is 2. The van der Waals surface area contributed by atoms with Crippen LogP contribution in [0.15, 0.2) is 77.3 Å². The molecule has 0 bridgehead atoms. The van der Waals surface area contributed by atoms with Gasteiger partial charge in [0.25, 0.3) is 0 Å². The number of nitrogens with zero attached hydrogens (tertiary/aromatic N) is 1. The molecular weight excluding hydrogens is 472 g/mol. The minimum Gasteiger partial charge on any atom is -0.508 e. The number of rotatable bonds is 4. The Kier molecular flexibility index (Phi) is 5.31. The SMILES string of the molecule is Oc1cccc(C23CCN(CCc4ccccc4)CC2Cc2c([nH]c4ccc(Br)cc24)C3)c1. The standard InChI is InChI=1S/C29H29BrN2O/c30-23-9-10-27-26(17-23)25-16-22-19-32(13-11-20-5-2-1-3-6-20)14-12-29(22,18-28(25)31-27)21-7-4-8-24(33)15-21/h1-10,15,17,22,31,33H,11-14,16,18-19H2. The number of phenolic OH excluding ortho intramolecular Hbond substituents is 1. The van der Waals surface area contributed by atoms with Crippen molar-refractivity contribution in [3.05, 3.63) is 99.7 Å². The van der Waals surface area contributed by atoms with Crippen molar-refractivity contribution in [2.45, 2.75) is 31.1 Å². The number of aromatic nitrogens is 1. The number of fused-ring (bicyclic) bond motifs is 4. The van der Waals surface area contributed by atoms with Crippen molar-refractivity contribution in [1.82, 2.24) is 9.88 Å². The van der Waals surface area contributed by atoms with E-state index in [1.807, 2.05) is 12.1 Å². The first-order valence-electron chi connectivity index (χ1n) is 12.0. The highest BCUT2D eigenvalue weighted by molar-refractivity contribution is 9.10. The highest BCUT2D eigenvalue weighted by Crippen LogP contribution is 2.49. The van der Waals surface area contributed by atoms with Crippen LogP contribution in [-0.2, 0) is 24.7 Å². The van der Waals surface area contributed by atoms with Gasteiger partial charge in [0, 0.05) is 39.6 Å². The van der Waals surface area contributed by atoms with Crippen LogP contribution in [0.25, 0.3) is 10.9 Å². The second-order valence-electron chi connectivity index (χ2n) is 9.84. The summed E-state index contributed by atoms with van der Waals surface area (Å²) >= 11 is 3.67. The predicted octanol–water partition coefficient (Wildman–Crippen LogP) is 6.24. The fourth-order valence-corrected chi connectivity index (χ4v) is 6.65. The first kappa shape index (κ1) is 21.0. The lowest BCUT2D eigenvalue weighted by Gasteiger charge is -2.51. The normalized spacial score (nSPS) is 22.8. The van der Waals surface area contributed by atoms with Gasteiger partial charge in [0.1, 0.15) is 5.75 Å². The summed E-state index contributed by atoms with van der Waals surface area (Å²) in [5.74, 6) is 0.896. The second kappa shape index (κ2) is 8.34. The minimum atomic E-state index is 0.0626. The summed E-state index contributed by atoms with van der Waals surface area (Å²) in [7, 11) is 0. The average Bonchev–Trinajstić information content (AvgIpc) is 3.18. The zero-order valence-electron chi connectivity index (χ0n) is 18.7. The fourth-order valence-electron chi connectivity index (χ4n) is 6.29. The van der Waals surface area contributed by atoms with E-state index >= 15 is 0 Å². The van der Waals surface area contributed by atoms with Crippen LogP contribution in [0.1, 0.15) is 28.8 Å². The molecule has 1 saturated heterocycles. The summed E-state index contributed by atoms with van der Waals surface area (Å²) < 4.78 is 1.13. The first-order chi connectivity index (χ1) is 16.1. The molecule has 0 spiro atoms. The molecule has 1 aliphatic carbocycles. The van der Waals surface area contributed by atoms with Gasteiger partial charge in [-0.2, -0.15) is 0 Å². The van der Waals surface area contributed by atoms with Gasteiger partial charge in [0.15, 0.2) is 0 Å². The summed E-state index contributed by atoms with van der Waals surface area (Å²) in [5.41, 5.74) is 6.86. The number of hydrogen-bond acceptors (Lipinski definition) is 2. The van der Waals surface area contributed by atoms with E-state index in [0.717, 1.165) is 49.8 Å². The van der Waals surface area contributed by atoms with Crippen molar-refractivity contribution in [3.63, 3.8) is 0 Å². The van der Waals surface area contributed by atoms with Gasteiger partial charge >= 0.3 is 0 Å². The van der Waals surface area contributed by atoms with E-state index in [1.54, 1.807) is 6.07 Å². The smallest absolute Gasteiger partial charge is 0.115 e. The molecule has 2 atom stereocenters. The van der Waals surface area contributed by atoms with Crippen LogP contribution in [0.3, 0.4) is 0 Å². The monoisotopic (exact) mass is 500 g/mol. The maximum atomic E-state index is 10.3. The number of benzene rings is 3. The lowest BCUT2D eigenvalue weighted by molar-refractivity contribution is 0.0822. The lowest BCUT2D eigenvalue weighted by Crippen LogP contribution is -2.54. The molecule has 33 heavy (non-hydrogen) atoms. The molecule has 3 nitrogen and oxygen atoms in total. The van der Waals surface area contributed by atoms with Gasteiger partial charge in [0.2, 0.25) is 0 Å². The van der Waals surface area contributed by atoms with Gasteiger partial charge in [-0.25, -0.2) is 0 Å². The summed E-state index contributed by atoms with van der Waals surface area (Å²) in [6, 6.07) is 25.4. The molecule has 168 valence electrons. The van der Waals surface area contributed by atoms with Crippen LogP contribution in [0.2, 0.25) is 0 Å². The quantitative estimate of drug-likeness (QED) is 0.348. The van der Waals surface area contributed by atoms with Crippen LogP contribution in [0.4, 0.5) is 0 Å². The van der Waals surface area contributed by atoms with Crippen molar-refractivity contribution in [2.24, 2.45) is 5.92 Å². The Balaban J connectivity index is 1.35. The lowest BCUT2D eigenvalue weighted by atomic mass is 9.58. The third-order valence-electron chi connectivity index (χ3n) is 8.01. The Morgan fingerprint density at radius 1 is 1.03 bits per heavy atom. The number of phenols is 1. The number of aromatic amines is 1. The second-order valence-corrected chi connectivity index (χ2v) is 10.8. The summed E-state index contributed by atoms with van der Waals surface area (Å²) in [6.45, 7) is 3.30. The zero-order chi connectivity index (χ0) is 22.4. The Morgan fingerprint density at radius 2 is 1.91 bits per heavy atom. The van der Waals surface area contributed by atoms with E-state index in [2.05, 4.69) is 80.4 Å². The van der Waals surface area contributed by atoms with Gasteiger partial charge < -0.3 is 15.0 Å². The van der Waals surface area contributed by atoms with E-state index in [1.165, 1.54) is 33.3 Å². The van der Waals surface area contributed by atoms with Crippen molar-refractivity contribution < 1.29 is 5.11 Å². The molecule has 0 radical (unpaired) electrons. The number of likely N-dealkylation sites (tertiary alicyclic amines) is 1. The van der Waals surface area contributed by atoms with Gasteiger partial charge in [0.05, 0.1) is 0 Å². The Morgan fingerprint density at radius 3 is 2.76 bits per heavy atom. The molecule has 1 aromatic heterocycles. The number of piperidine rings is 1. The largest absolute Gasteiger partial charge is 0.508 e. The number of nitrogens with one attached hydrogen (secondary N) is 1.